The number of ketones is 2. The molecule has 0 radical (unpaired) electrons. The summed E-state index contributed by atoms with van der Waals surface area (Å²) in [6, 6.07) is 18.9. The van der Waals surface area contributed by atoms with Crippen LogP contribution in [0.3, 0.4) is 0 Å². The summed E-state index contributed by atoms with van der Waals surface area (Å²) in [6.07, 6.45) is 6.62. The van der Waals surface area contributed by atoms with Crippen molar-refractivity contribution in [2.75, 3.05) is 0 Å². The van der Waals surface area contributed by atoms with Gasteiger partial charge in [-0.2, -0.15) is 0 Å². The number of Topliss-reactive ketones (excluding diaryl/α,β-unsaturated/α-hetero) is 2. The lowest BCUT2D eigenvalue weighted by molar-refractivity contribution is -0.141. The highest BCUT2D eigenvalue weighted by Gasteiger charge is 2.44. The van der Waals surface area contributed by atoms with Gasteiger partial charge >= 0.3 is 11.9 Å². The van der Waals surface area contributed by atoms with Crippen LogP contribution in [0.5, 0.6) is 0 Å². The molecule has 0 heterocycles. The third-order valence-electron chi connectivity index (χ3n) is 8.71. The Kier molecular flexibility index (Phi) is 9.51. The zero-order chi connectivity index (χ0) is 32.1. The van der Waals surface area contributed by atoms with E-state index in [1.807, 2.05) is 24.3 Å². The summed E-state index contributed by atoms with van der Waals surface area (Å²) >= 11 is 0. The second-order valence-corrected chi connectivity index (χ2v) is 11.8. The molecule has 45 heavy (non-hydrogen) atoms. The van der Waals surface area contributed by atoms with Crippen molar-refractivity contribution in [3.8, 4) is 11.1 Å². The first-order valence-corrected chi connectivity index (χ1v) is 15.7. The van der Waals surface area contributed by atoms with Crippen molar-refractivity contribution in [1.82, 2.24) is 0 Å². The maximum Gasteiger partial charge on any atom is 0.332 e. The fourth-order valence-electron chi connectivity index (χ4n) is 6.56. The van der Waals surface area contributed by atoms with Crippen LogP contribution in [-0.4, -0.2) is 34.9 Å². The highest BCUT2D eigenvalue weighted by atomic mass is 16.7. The van der Waals surface area contributed by atoms with E-state index in [0.717, 1.165) is 66.3 Å². The van der Waals surface area contributed by atoms with E-state index in [4.69, 9.17) is 9.68 Å². The molecule has 3 aromatic rings. The molecule has 3 aromatic carbocycles. The van der Waals surface area contributed by atoms with Crippen molar-refractivity contribution in [3.05, 3.63) is 94.0 Å². The van der Waals surface area contributed by atoms with Crippen molar-refractivity contribution in [2.24, 2.45) is 10.3 Å². The van der Waals surface area contributed by atoms with Gasteiger partial charge in [0.15, 0.2) is 5.71 Å². The summed E-state index contributed by atoms with van der Waals surface area (Å²) in [7, 11) is 0. The van der Waals surface area contributed by atoms with Gasteiger partial charge in [0.1, 0.15) is 5.71 Å². The van der Waals surface area contributed by atoms with Crippen molar-refractivity contribution >= 4 is 34.9 Å². The third kappa shape index (κ3) is 6.27. The number of hydrogen-bond donors (Lipinski definition) is 0. The van der Waals surface area contributed by atoms with E-state index in [2.05, 4.69) is 30.2 Å². The lowest BCUT2D eigenvalue weighted by Gasteiger charge is -2.33. The molecule has 8 heteroatoms. The summed E-state index contributed by atoms with van der Waals surface area (Å²) < 4.78 is 0. The average Bonchev–Trinajstić information content (AvgIpc) is 3.30. The fourth-order valence-corrected chi connectivity index (χ4v) is 6.56. The molecule has 0 fully saturated rings. The minimum absolute atomic E-state index is 0.0506. The predicted molar refractivity (Wildman–Crippen MR) is 173 cm³/mol. The van der Waals surface area contributed by atoms with Gasteiger partial charge in [-0.05, 0) is 59.2 Å². The Hall–Kier alpha value is -4.72. The van der Waals surface area contributed by atoms with Gasteiger partial charge in [0.2, 0.25) is 11.6 Å². The van der Waals surface area contributed by atoms with Crippen LogP contribution >= 0.6 is 0 Å². The van der Waals surface area contributed by atoms with Gasteiger partial charge in [-0.3, -0.25) is 9.59 Å². The Balaban J connectivity index is 1.66. The van der Waals surface area contributed by atoms with Gasteiger partial charge in [0.25, 0.3) is 0 Å². The molecule has 0 saturated heterocycles. The highest BCUT2D eigenvalue weighted by molar-refractivity contribution is 6.51. The SMILES string of the molecule is CCCCC1(CCCC)c2cc(C(=O)/C(=N/OC(C)=O)c3ccccc3)ccc2-c2cc3c(cc21)C(=O)/C(=N/OC(C)=O)CC3. The van der Waals surface area contributed by atoms with Crippen molar-refractivity contribution in [1.29, 1.82) is 0 Å². The summed E-state index contributed by atoms with van der Waals surface area (Å²) in [5, 5.41) is 7.84. The Labute approximate surface area is 263 Å². The molecule has 0 bridgehead atoms. The number of fused-ring (bicyclic) bond motifs is 4. The lowest BCUT2D eigenvalue weighted by Crippen LogP contribution is -2.28. The van der Waals surface area contributed by atoms with Gasteiger partial charge in [-0.1, -0.05) is 98.4 Å². The normalized spacial score (nSPS) is 15.7. The second kappa shape index (κ2) is 13.5. The van der Waals surface area contributed by atoms with Crippen molar-refractivity contribution < 1.29 is 28.9 Å². The quantitative estimate of drug-likeness (QED) is 0.0965. The van der Waals surface area contributed by atoms with Crippen LogP contribution in [-0.2, 0) is 31.1 Å². The van der Waals surface area contributed by atoms with E-state index < -0.39 is 17.4 Å². The first-order valence-electron chi connectivity index (χ1n) is 15.7. The Morgan fingerprint density at radius 1 is 0.756 bits per heavy atom. The number of carbonyl (C=O) groups is 4. The van der Waals surface area contributed by atoms with Crippen molar-refractivity contribution in [2.45, 2.75) is 84.5 Å². The van der Waals surface area contributed by atoms with Gasteiger partial charge in [0.05, 0.1) is 0 Å². The molecule has 0 amide bonds. The Bertz CT molecular complexity index is 1710. The zero-order valence-electron chi connectivity index (χ0n) is 26.3. The molecular formula is C37H38N2O6. The zero-order valence-corrected chi connectivity index (χ0v) is 26.3. The van der Waals surface area contributed by atoms with E-state index in [1.165, 1.54) is 13.8 Å². The van der Waals surface area contributed by atoms with E-state index in [-0.39, 0.29) is 23.0 Å². The number of unbranched alkanes of at least 4 members (excludes halogenated alkanes) is 2. The molecule has 2 aliphatic rings. The molecule has 0 aliphatic heterocycles. The maximum atomic E-state index is 14.1. The molecule has 0 spiro atoms. The molecule has 0 N–H and O–H groups in total. The molecule has 0 atom stereocenters. The van der Waals surface area contributed by atoms with E-state index in [9.17, 15) is 19.2 Å². The van der Waals surface area contributed by atoms with E-state index in [0.29, 0.717) is 29.5 Å². The molecule has 0 aromatic heterocycles. The maximum absolute atomic E-state index is 14.1. The molecule has 5 rings (SSSR count). The Morgan fingerprint density at radius 3 is 2.07 bits per heavy atom. The number of benzene rings is 3. The molecule has 0 unspecified atom stereocenters. The summed E-state index contributed by atoms with van der Waals surface area (Å²) in [6.45, 7) is 6.83. The predicted octanol–water partition coefficient (Wildman–Crippen LogP) is 7.53. The van der Waals surface area contributed by atoms with Gasteiger partial charge in [0, 0.05) is 42.4 Å². The summed E-state index contributed by atoms with van der Waals surface area (Å²) in [5.41, 5.74) is 6.70. The van der Waals surface area contributed by atoms with Crippen LogP contribution in [0, 0.1) is 0 Å². The van der Waals surface area contributed by atoms with Crippen LogP contribution in [0.2, 0.25) is 0 Å². The highest BCUT2D eigenvalue weighted by Crippen LogP contribution is 2.55. The van der Waals surface area contributed by atoms with Crippen LogP contribution in [0.15, 0.2) is 71.0 Å². The monoisotopic (exact) mass is 606 g/mol. The topological polar surface area (TPSA) is 111 Å². The minimum atomic E-state index is -0.613. The largest absolute Gasteiger partial charge is 0.332 e. The van der Waals surface area contributed by atoms with Crippen molar-refractivity contribution in [3.63, 3.8) is 0 Å². The second-order valence-electron chi connectivity index (χ2n) is 11.8. The summed E-state index contributed by atoms with van der Waals surface area (Å²) in [4.78, 5) is 60.4. The Morgan fingerprint density at radius 2 is 1.42 bits per heavy atom. The van der Waals surface area contributed by atoms with E-state index in [1.54, 1.807) is 30.3 Å². The lowest BCUT2D eigenvalue weighted by atomic mass is 9.69. The molecule has 232 valence electrons. The van der Waals surface area contributed by atoms with Crippen LogP contribution in [0.4, 0.5) is 0 Å². The first kappa shape index (κ1) is 31.7. The van der Waals surface area contributed by atoms with Gasteiger partial charge < -0.3 is 9.68 Å². The molecule has 0 saturated carbocycles. The standard InChI is InChI=1S/C37H38N2O6/c1-5-7-18-37(19-8-6-2)31-21-27(35(42)34(39-45-24(4)41)25-12-10-9-11-13-25)14-16-28(31)30-20-26-15-17-33(38-44-23(3)40)36(43)29(26)22-32(30)37/h9-14,16,20-22H,5-8,15,17-19H2,1-4H3/b38-33+,39-34+. The van der Waals surface area contributed by atoms with E-state index >= 15 is 0 Å². The number of hydrogen-bond acceptors (Lipinski definition) is 8. The number of aryl methyl sites for hydroxylation is 1. The van der Waals surface area contributed by atoms with Crippen LogP contribution < -0.4 is 0 Å². The third-order valence-corrected chi connectivity index (χ3v) is 8.71. The smallest absolute Gasteiger partial charge is 0.318 e. The number of oxime groups is 2. The average molecular weight is 607 g/mol. The van der Waals surface area contributed by atoms with Crippen LogP contribution in [0.1, 0.15) is 116 Å². The number of carbonyl (C=O) groups excluding carboxylic acids is 4. The fraction of sp³-hybridized carbons (Fsp3) is 0.351. The summed E-state index contributed by atoms with van der Waals surface area (Å²) in [5.74, 6) is -1.75. The number of rotatable bonds is 11. The van der Waals surface area contributed by atoms with Gasteiger partial charge in [-0.25, -0.2) is 9.59 Å². The van der Waals surface area contributed by atoms with Crippen LogP contribution in [0.25, 0.3) is 11.1 Å². The molecule has 8 nitrogen and oxygen atoms in total. The van der Waals surface area contributed by atoms with Gasteiger partial charge in [-0.15, -0.1) is 0 Å². The number of nitrogens with zero attached hydrogens (tertiary/aromatic N) is 2. The molecule has 2 aliphatic carbocycles. The minimum Gasteiger partial charge on any atom is -0.318 e. The first-order chi connectivity index (χ1) is 21.7. The molecular weight excluding hydrogens is 568 g/mol.